The van der Waals surface area contributed by atoms with Gasteiger partial charge in [0.2, 0.25) is 0 Å². The van der Waals surface area contributed by atoms with Gasteiger partial charge in [-0.25, -0.2) is 0 Å². The zero-order valence-corrected chi connectivity index (χ0v) is 10.0. The molecule has 0 unspecified atom stereocenters. The third-order valence-electron chi connectivity index (χ3n) is 1.94. The second-order valence-corrected chi connectivity index (χ2v) is 4.96. The highest BCUT2D eigenvalue weighted by molar-refractivity contribution is 9.10. The molecule has 0 spiro atoms. The van der Waals surface area contributed by atoms with Crippen LogP contribution in [0.25, 0.3) is 10.1 Å². The summed E-state index contributed by atoms with van der Waals surface area (Å²) in [7, 11) is -1.54. The molecule has 0 saturated heterocycles. The first-order valence-electron chi connectivity index (χ1n) is 3.82. The molecule has 1 aromatic heterocycles. The van der Waals surface area contributed by atoms with Crippen LogP contribution in [0.2, 0.25) is 5.02 Å². The van der Waals surface area contributed by atoms with Crippen molar-refractivity contribution in [1.82, 2.24) is 0 Å². The van der Waals surface area contributed by atoms with Gasteiger partial charge >= 0.3 is 7.12 Å². The largest absolute Gasteiger partial charge is 0.490 e. The zero-order valence-electron chi connectivity index (χ0n) is 6.87. The second kappa shape index (κ2) is 3.83. The van der Waals surface area contributed by atoms with Gasteiger partial charge in [-0.15, -0.1) is 11.3 Å². The summed E-state index contributed by atoms with van der Waals surface area (Å²) in [6, 6.07) is 3.53. The number of fused-ring (bicyclic) bond motifs is 1. The van der Waals surface area contributed by atoms with Crippen LogP contribution in [-0.4, -0.2) is 17.2 Å². The standard InChI is InChI=1S/C8H5BBrClO2S/c10-4-3-14-6-2-1-5(11)8(7(4)6)9(12)13/h1-3,12-13H. The zero-order chi connectivity index (χ0) is 10.3. The molecule has 0 bridgehead atoms. The van der Waals surface area contributed by atoms with Gasteiger partial charge in [0.25, 0.3) is 0 Å². The number of rotatable bonds is 1. The first-order chi connectivity index (χ1) is 6.61. The van der Waals surface area contributed by atoms with E-state index in [9.17, 15) is 10.0 Å². The van der Waals surface area contributed by atoms with E-state index in [4.69, 9.17) is 11.6 Å². The van der Waals surface area contributed by atoms with E-state index < -0.39 is 7.12 Å². The van der Waals surface area contributed by atoms with Gasteiger partial charge in [-0.2, -0.15) is 0 Å². The maximum absolute atomic E-state index is 9.20. The Hall–Kier alpha value is -0.0651. The summed E-state index contributed by atoms with van der Waals surface area (Å²) in [6.07, 6.45) is 0. The van der Waals surface area contributed by atoms with Gasteiger partial charge in [0.1, 0.15) is 0 Å². The Morgan fingerprint density at radius 2 is 2.07 bits per heavy atom. The fraction of sp³-hybridized carbons (Fsp3) is 0. The van der Waals surface area contributed by atoms with Crippen molar-refractivity contribution in [3.05, 3.63) is 27.0 Å². The van der Waals surface area contributed by atoms with E-state index in [0.29, 0.717) is 10.5 Å². The van der Waals surface area contributed by atoms with Crippen molar-refractivity contribution in [1.29, 1.82) is 0 Å². The molecule has 72 valence electrons. The van der Waals surface area contributed by atoms with Gasteiger partial charge in [-0.05, 0) is 28.1 Å². The molecule has 1 aromatic carbocycles. The van der Waals surface area contributed by atoms with E-state index in [2.05, 4.69) is 15.9 Å². The first kappa shape index (κ1) is 10.5. The van der Waals surface area contributed by atoms with E-state index in [1.807, 2.05) is 11.4 Å². The molecule has 0 radical (unpaired) electrons. The lowest BCUT2D eigenvalue weighted by Gasteiger charge is -2.04. The molecule has 2 nitrogen and oxygen atoms in total. The van der Waals surface area contributed by atoms with Crippen LogP contribution in [-0.2, 0) is 0 Å². The van der Waals surface area contributed by atoms with E-state index in [0.717, 1.165) is 14.6 Å². The van der Waals surface area contributed by atoms with E-state index in [1.54, 1.807) is 6.07 Å². The normalized spacial score (nSPS) is 10.9. The topological polar surface area (TPSA) is 40.5 Å². The number of hydrogen-bond donors (Lipinski definition) is 2. The van der Waals surface area contributed by atoms with Gasteiger partial charge in [-0.1, -0.05) is 11.6 Å². The minimum atomic E-state index is -1.54. The maximum Gasteiger partial charge on any atom is 0.490 e. The minimum absolute atomic E-state index is 0.359. The predicted molar refractivity (Wildman–Crippen MR) is 64.4 cm³/mol. The number of hydrogen-bond acceptors (Lipinski definition) is 3. The molecule has 2 N–H and O–H groups in total. The van der Waals surface area contributed by atoms with Gasteiger partial charge in [0.05, 0.1) is 0 Å². The third kappa shape index (κ3) is 1.59. The van der Waals surface area contributed by atoms with Crippen LogP contribution >= 0.6 is 38.9 Å². The molecule has 1 heterocycles. The van der Waals surface area contributed by atoms with Gasteiger partial charge in [0.15, 0.2) is 0 Å². The lowest BCUT2D eigenvalue weighted by Crippen LogP contribution is -2.31. The van der Waals surface area contributed by atoms with Crippen molar-refractivity contribution in [3.63, 3.8) is 0 Å². The molecule has 2 rings (SSSR count). The Labute approximate surface area is 98.4 Å². The monoisotopic (exact) mass is 290 g/mol. The van der Waals surface area contributed by atoms with Crippen LogP contribution < -0.4 is 5.46 Å². The highest BCUT2D eigenvalue weighted by Gasteiger charge is 2.20. The van der Waals surface area contributed by atoms with Crippen LogP contribution in [0.15, 0.2) is 22.0 Å². The first-order valence-corrected chi connectivity index (χ1v) is 5.87. The van der Waals surface area contributed by atoms with Crippen molar-refractivity contribution in [2.45, 2.75) is 0 Å². The molecule has 0 saturated carbocycles. The van der Waals surface area contributed by atoms with E-state index in [-0.39, 0.29) is 0 Å². The Morgan fingerprint density at radius 3 is 2.71 bits per heavy atom. The van der Waals surface area contributed by atoms with E-state index in [1.165, 1.54) is 11.3 Å². The Bertz CT molecular complexity index is 485. The van der Waals surface area contributed by atoms with Crippen molar-refractivity contribution in [2.75, 3.05) is 0 Å². The van der Waals surface area contributed by atoms with Crippen molar-refractivity contribution in [2.24, 2.45) is 0 Å². The molecule has 14 heavy (non-hydrogen) atoms. The van der Waals surface area contributed by atoms with Crippen LogP contribution in [0.1, 0.15) is 0 Å². The highest BCUT2D eigenvalue weighted by atomic mass is 79.9. The maximum atomic E-state index is 9.20. The van der Waals surface area contributed by atoms with Crippen molar-refractivity contribution in [3.8, 4) is 0 Å². The average Bonchev–Trinajstić information content (AvgIpc) is 2.47. The van der Waals surface area contributed by atoms with Gasteiger partial charge in [0, 0.05) is 30.4 Å². The summed E-state index contributed by atoms with van der Waals surface area (Å²) in [5.74, 6) is 0. The van der Waals surface area contributed by atoms with Crippen LogP contribution in [0.5, 0.6) is 0 Å². The third-order valence-corrected chi connectivity index (χ3v) is 4.15. The summed E-state index contributed by atoms with van der Waals surface area (Å²) in [4.78, 5) is 0. The molecular formula is C8H5BBrClO2S. The van der Waals surface area contributed by atoms with Gasteiger partial charge < -0.3 is 10.0 Å². The summed E-state index contributed by atoms with van der Waals surface area (Å²) < 4.78 is 1.81. The SMILES string of the molecule is OB(O)c1c(Cl)ccc2scc(Br)c12. The Morgan fingerprint density at radius 1 is 1.36 bits per heavy atom. The molecular weight excluding hydrogens is 286 g/mol. The Kier molecular flexibility index (Phi) is 2.86. The lowest BCUT2D eigenvalue weighted by atomic mass is 9.78. The molecule has 6 heteroatoms. The summed E-state index contributed by atoms with van der Waals surface area (Å²) in [6.45, 7) is 0. The lowest BCUT2D eigenvalue weighted by molar-refractivity contribution is 0.426. The van der Waals surface area contributed by atoms with E-state index >= 15 is 0 Å². The molecule has 0 aliphatic carbocycles. The van der Waals surface area contributed by atoms with Crippen LogP contribution in [0.4, 0.5) is 0 Å². The van der Waals surface area contributed by atoms with Crippen molar-refractivity contribution < 1.29 is 10.0 Å². The molecule has 0 fully saturated rings. The van der Waals surface area contributed by atoms with Crippen LogP contribution in [0.3, 0.4) is 0 Å². The fourth-order valence-electron chi connectivity index (χ4n) is 1.35. The minimum Gasteiger partial charge on any atom is -0.423 e. The summed E-state index contributed by atoms with van der Waals surface area (Å²) >= 11 is 10.8. The van der Waals surface area contributed by atoms with Crippen LogP contribution in [0, 0.1) is 0 Å². The second-order valence-electron chi connectivity index (χ2n) is 2.79. The summed E-state index contributed by atoms with van der Waals surface area (Å²) in [5, 5.41) is 21.4. The number of halogens is 2. The molecule has 0 amide bonds. The average molecular weight is 291 g/mol. The molecule has 0 aliphatic heterocycles. The predicted octanol–water partition coefficient (Wildman–Crippen LogP) is 2.00. The fourth-order valence-corrected chi connectivity index (χ4v) is 3.27. The quantitative estimate of drug-likeness (QED) is 0.789. The molecule has 0 aliphatic rings. The highest BCUT2D eigenvalue weighted by Crippen LogP contribution is 2.30. The van der Waals surface area contributed by atoms with Crippen molar-refractivity contribution >= 4 is 61.5 Å². The Balaban J connectivity index is 2.87. The number of thiophene rings is 1. The molecule has 0 atom stereocenters. The smallest absolute Gasteiger partial charge is 0.423 e. The molecule has 2 aromatic rings. The summed E-state index contributed by atoms with van der Waals surface area (Å²) in [5.41, 5.74) is 0.359. The van der Waals surface area contributed by atoms with Gasteiger partial charge in [-0.3, -0.25) is 0 Å². The number of benzene rings is 1.